The van der Waals surface area contributed by atoms with Crippen molar-refractivity contribution in [2.45, 2.75) is 58.9 Å². The first-order chi connectivity index (χ1) is 8.33. The quantitative estimate of drug-likeness (QED) is 0.836. The monoisotopic (exact) mass is 254 g/mol. The number of carbonyl (C=O) groups is 2. The van der Waals surface area contributed by atoms with Crippen LogP contribution in [0.25, 0.3) is 0 Å². The fourth-order valence-electron chi connectivity index (χ4n) is 2.23. The molecule has 0 aromatic rings. The van der Waals surface area contributed by atoms with E-state index in [2.05, 4.69) is 5.32 Å². The number of amides is 2. The molecular formula is C14H26N2O2. The number of carbonyl (C=O) groups excluding carboxylic acids is 2. The van der Waals surface area contributed by atoms with Crippen LogP contribution in [0, 0.1) is 5.92 Å². The van der Waals surface area contributed by atoms with Crippen LogP contribution in [0.1, 0.15) is 53.4 Å². The SMILES string of the molecule is CCCC(=O)N1CCC(C(=O)NC(C)(C)C)CC1. The van der Waals surface area contributed by atoms with Crippen molar-refractivity contribution in [1.29, 1.82) is 0 Å². The van der Waals surface area contributed by atoms with Crippen LogP contribution in [0.5, 0.6) is 0 Å². The van der Waals surface area contributed by atoms with Crippen LogP contribution in [0.15, 0.2) is 0 Å². The average Bonchev–Trinajstić information content (AvgIpc) is 2.27. The van der Waals surface area contributed by atoms with Crippen molar-refractivity contribution >= 4 is 11.8 Å². The molecule has 0 saturated carbocycles. The predicted molar refractivity (Wildman–Crippen MR) is 72.1 cm³/mol. The van der Waals surface area contributed by atoms with Crippen molar-refractivity contribution in [1.82, 2.24) is 10.2 Å². The van der Waals surface area contributed by atoms with Crippen LogP contribution in [-0.4, -0.2) is 35.3 Å². The van der Waals surface area contributed by atoms with E-state index in [4.69, 9.17) is 0 Å². The van der Waals surface area contributed by atoms with Crippen molar-refractivity contribution in [2.75, 3.05) is 13.1 Å². The molecule has 18 heavy (non-hydrogen) atoms. The Balaban J connectivity index is 2.39. The van der Waals surface area contributed by atoms with Gasteiger partial charge in [0, 0.05) is 31.0 Å². The number of rotatable bonds is 3. The molecule has 2 amide bonds. The van der Waals surface area contributed by atoms with Crippen LogP contribution in [0.3, 0.4) is 0 Å². The molecule has 104 valence electrons. The number of likely N-dealkylation sites (tertiary alicyclic amines) is 1. The van der Waals surface area contributed by atoms with Gasteiger partial charge < -0.3 is 10.2 Å². The molecule has 0 aromatic carbocycles. The lowest BCUT2D eigenvalue weighted by Gasteiger charge is -2.33. The number of piperidine rings is 1. The third kappa shape index (κ3) is 4.67. The van der Waals surface area contributed by atoms with Gasteiger partial charge in [0.05, 0.1) is 0 Å². The summed E-state index contributed by atoms with van der Waals surface area (Å²) in [7, 11) is 0. The third-order valence-corrected chi connectivity index (χ3v) is 3.18. The van der Waals surface area contributed by atoms with Crippen LogP contribution in [0.4, 0.5) is 0 Å². The van der Waals surface area contributed by atoms with E-state index in [1.54, 1.807) is 0 Å². The number of hydrogen-bond acceptors (Lipinski definition) is 2. The first kappa shape index (κ1) is 15.0. The van der Waals surface area contributed by atoms with Gasteiger partial charge in [0.25, 0.3) is 0 Å². The van der Waals surface area contributed by atoms with Gasteiger partial charge in [-0.2, -0.15) is 0 Å². The smallest absolute Gasteiger partial charge is 0.223 e. The van der Waals surface area contributed by atoms with Crippen LogP contribution in [0.2, 0.25) is 0 Å². The Morgan fingerprint density at radius 1 is 1.22 bits per heavy atom. The summed E-state index contributed by atoms with van der Waals surface area (Å²) < 4.78 is 0. The first-order valence-corrected chi connectivity index (χ1v) is 6.93. The summed E-state index contributed by atoms with van der Waals surface area (Å²) in [5.41, 5.74) is -0.174. The standard InChI is InChI=1S/C14H26N2O2/c1-5-6-12(17)16-9-7-11(8-10-16)13(18)15-14(2,3)4/h11H,5-10H2,1-4H3,(H,15,18). The summed E-state index contributed by atoms with van der Waals surface area (Å²) in [4.78, 5) is 25.6. The Morgan fingerprint density at radius 2 is 1.78 bits per heavy atom. The maximum absolute atomic E-state index is 12.0. The zero-order valence-electron chi connectivity index (χ0n) is 12.1. The molecule has 0 unspecified atom stereocenters. The Morgan fingerprint density at radius 3 is 2.22 bits per heavy atom. The molecular weight excluding hydrogens is 228 g/mol. The molecule has 4 nitrogen and oxygen atoms in total. The minimum atomic E-state index is -0.174. The Labute approximate surface area is 110 Å². The summed E-state index contributed by atoms with van der Waals surface area (Å²) in [6.45, 7) is 9.43. The molecule has 1 heterocycles. The maximum atomic E-state index is 12.0. The van der Waals surface area contributed by atoms with E-state index in [-0.39, 0.29) is 23.3 Å². The lowest BCUT2D eigenvalue weighted by molar-refractivity contribution is -0.136. The van der Waals surface area contributed by atoms with E-state index in [9.17, 15) is 9.59 Å². The molecule has 0 aliphatic carbocycles. The maximum Gasteiger partial charge on any atom is 0.223 e. The van der Waals surface area contributed by atoms with Crippen LogP contribution >= 0.6 is 0 Å². The van der Waals surface area contributed by atoms with Gasteiger partial charge in [0.15, 0.2) is 0 Å². The van der Waals surface area contributed by atoms with Gasteiger partial charge >= 0.3 is 0 Å². The summed E-state index contributed by atoms with van der Waals surface area (Å²) in [5.74, 6) is 0.423. The predicted octanol–water partition coefficient (Wildman–Crippen LogP) is 1.94. The number of hydrogen-bond donors (Lipinski definition) is 1. The molecule has 1 rings (SSSR count). The highest BCUT2D eigenvalue weighted by atomic mass is 16.2. The minimum absolute atomic E-state index is 0.0647. The van der Waals surface area contributed by atoms with E-state index in [0.717, 1.165) is 32.4 Å². The molecule has 1 aliphatic heterocycles. The van der Waals surface area contributed by atoms with Gasteiger partial charge in [-0.15, -0.1) is 0 Å². The molecule has 0 atom stereocenters. The van der Waals surface area contributed by atoms with E-state index in [1.807, 2.05) is 32.6 Å². The van der Waals surface area contributed by atoms with Gasteiger partial charge in [-0.3, -0.25) is 9.59 Å². The van der Waals surface area contributed by atoms with Crippen molar-refractivity contribution < 1.29 is 9.59 Å². The summed E-state index contributed by atoms with van der Waals surface area (Å²) in [5, 5.41) is 3.02. The van der Waals surface area contributed by atoms with E-state index < -0.39 is 0 Å². The zero-order chi connectivity index (χ0) is 13.8. The zero-order valence-corrected chi connectivity index (χ0v) is 12.1. The molecule has 1 fully saturated rings. The van der Waals surface area contributed by atoms with Gasteiger partial charge in [-0.05, 0) is 40.0 Å². The molecule has 0 aromatic heterocycles. The van der Waals surface area contributed by atoms with Gasteiger partial charge in [-0.25, -0.2) is 0 Å². The highest BCUT2D eigenvalue weighted by molar-refractivity contribution is 5.80. The molecule has 0 radical (unpaired) electrons. The normalized spacial score (nSPS) is 17.7. The van der Waals surface area contributed by atoms with E-state index in [1.165, 1.54) is 0 Å². The van der Waals surface area contributed by atoms with Crippen molar-refractivity contribution in [3.8, 4) is 0 Å². The van der Waals surface area contributed by atoms with Crippen molar-refractivity contribution in [3.63, 3.8) is 0 Å². The minimum Gasteiger partial charge on any atom is -0.351 e. The lowest BCUT2D eigenvalue weighted by Crippen LogP contribution is -2.47. The summed E-state index contributed by atoms with van der Waals surface area (Å²) in [6.07, 6.45) is 3.09. The van der Waals surface area contributed by atoms with Crippen LogP contribution < -0.4 is 5.32 Å². The molecule has 1 N–H and O–H groups in total. The summed E-state index contributed by atoms with van der Waals surface area (Å²) >= 11 is 0. The number of nitrogens with zero attached hydrogens (tertiary/aromatic N) is 1. The second kappa shape index (κ2) is 6.21. The van der Waals surface area contributed by atoms with E-state index in [0.29, 0.717) is 6.42 Å². The molecule has 0 bridgehead atoms. The molecule has 1 saturated heterocycles. The lowest BCUT2D eigenvalue weighted by atomic mass is 9.94. The van der Waals surface area contributed by atoms with Crippen molar-refractivity contribution in [3.05, 3.63) is 0 Å². The largest absolute Gasteiger partial charge is 0.351 e. The van der Waals surface area contributed by atoms with Gasteiger partial charge in [0.1, 0.15) is 0 Å². The van der Waals surface area contributed by atoms with E-state index >= 15 is 0 Å². The van der Waals surface area contributed by atoms with Crippen LogP contribution in [-0.2, 0) is 9.59 Å². The molecule has 1 aliphatic rings. The third-order valence-electron chi connectivity index (χ3n) is 3.18. The fourth-order valence-corrected chi connectivity index (χ4v) is 2.23. The van der Waals surface area contributed by atoms with Gasteiger partial charge in [-0.1, -0.05) is 6.92 Å². The van der Waals surface area contributed by atoms with Gasteiger partial charge in [0.2, 0.25) is 11.8 Å². The first-order valence-electron chi connectivity index (χ1n) is 6.93. The highest BCUT2D eigenvalue weighted by Gasteiger charge is 2.28. The molecule has 0 spiro atoms. The highest BCUT2D eigenvalue weighted by Crippen LogP contribution is 2.19. The average molecular weight is 254 g/mol. The van der Waals surface area contributed by atoms with Crippen molar-refractivity contribution in [2.24, 2.45) is 5.92 Å². The second-order valence-corrected chi connectivity index (χ2v) is 6.14. The Bertz CT molecular complexity index is 299. The topological polar surface area (TPSA) is 49.4 Å². The second-order valence-electron chi connectivity index (χ2n) is 6.14. The number of nitrogens with one attached hydrogen (secondary N) is 1. The molecule has 4 heteroatoms. The summed E-state index contributed by atoms with van der Waals surface area (Å²) in [6, 6.07) is 0. The Hall–Kier alpha value is -1.06. The fraction of sp³-hybridized carbons (Fsp3) is 0.857. The Kier molecular flexibility index (Phi) is 5.17.